The largest absolute Gasteiger partial charge is 0.399 e. The van der Waals surface area contributed by atoms with Crippen LogP contribution in [0.25, 0.3) is 0 Å². The van der Waals surface area contributed by atoms with E-state index >= 15 is 0 Å². The monoisotopic (exact) mass is 293 g/mol. The molecule has 0 heterocycles. The van der Waals surface area contributed by atoms with E-state index in [4.69, 9.17) is 5.73 Å². The van der Waals surface area contributed by atoms with E-state index in [2.05, 4.69) is 10.0 Å². The van der Waals surface area contributed by atoms with Crippen molar-refractivity contribution < 1.29 is 17.2 Å². The van der Waals surface area contributed by atoms with Gasteiger partial charge >= 0.3 is 0 Å². The van der Waals surface area contributed by atoms with Crippen molar-refractivity contribution in [3.8, 4) is 0 Å². The Morgan fingerprint density at radius 2 is 2.00 bits per heavy atom. The van der Waals surface area contributed by atoms with Gasteiger partial charge in [-0.3, -0.25) is 0 Å². The lowest BCUT2D eigenvalue weighted by Gasteiger charge is -2.12. The summed E-state index contributed by atoms with van der Waals surface area (Å²) in [6.45, 7) is 0.636. The van der Waals surface area contributed by atoms with Crippen molar-refractivity contribution in [3.63, 3.8) is 0 Å². The van der Waals surface area contributed by atoms with Crippen LogP contribution in [0.2, 0.25) is 0 Å². The highest BCUT2D eigenvalue weighted by Crippen LogP contribution is 2.28. The van der Waals surface area contributed by atoms with Gasteiger partial charge in [-0.25, -0.2) is 21.9 Å². The number of nitrogens with one attached hydrogen (secondary N) is 2. The number of hydrogen-bond donors (Lipinski definition) is 3. The second-order valence-corrected chi connectivity index (χ2v) is 5.93. The molecule has 1 rings (SSSR count). The average Bonchev–Trinajstić information content (AvgIpc) is 2.28. The van der Waals surface area contributed by atoms with Gasteiger partial charge in [0.25, 0.3) is 6.43 Å². The molecular weight excluding hydrogens is 276 g/mol. The van der Waals surface area contributed by atoms with Gasteiger partial charge in [0.05, 0.1) is 6.26 Å². The van der Waals surface area contributed by atoms with Gasteiger partial charge in [-0.15, -0.1) is 0 Å². The van der Waals surface area contributed by atoms with Crippen LogP contribution >= 0.6 is 0 Å². The molecule has 1 aromatic rings. The molecule has 19 heavy (non-hydrogen) atoms. The molecule has 0 saturated heterocycles. The second kappa shape index (κ2) is 6.67. The molecule has 0 aliphatic carbocycles. The number of rotatable bonds is 7. The lowest BCUT2D eigenvalue weighted by molar-refractivity contribution is 0.152. The van der Waals surface area contributed by atoms with Gasteiger partial charge in [-0.05, 0) is 24.6 Å². The smallest absolute Gasteiger partial charge is 0.265 e. The van der Waals surface area contributed by atoms with Crippen molar-refractivity contribution in [1.82, 2.24) is 4.72 Å². The van der Waals surface area contributed by atoms with E-state index < -0.39 is 16.4 Å². The highest BCUT2D eigenvalue weighted by Gasteiger charge is 2.12. The zero-order valence-corrected chi connectivity index (χ0v) is 11.3. The van der Waals surface area contributed by atoms with Gasteiger partial charge in [0, 0.05) is 30.0 Å². The third kappa shape index (κ3) is 5.84. The molecule has 5 nitrogen and oxygen atoms in total. The Morgan fingerprint density at radius 1 is 1.32 bits per heavy atom. The molecule has 0 saturated carbocycles. The van der Waals surface area contributed by atoms with Gasteiger partial charge in [-0.2, -0.15) is 0 Å². The number of alkyl halides is 2. The number of benzene rings is 1. The molecule has 0 spiro atoms. The Hall–Kier alpha value is -1.41. The predicted molar refractivity (Wildman–Crippen MR) is 71.8 cm³/mol. The molecule has 0 amide bonds. The number of nitrogens with two attached hydrogens (primary N) is 1. The molecule has 0 bridgehead atoms. The minimum absolute atomic E-state index is 0.156. The van der Waals surface area contributed by atoms with Crippen LogP contribution in [-0.4, -0.2) is 27.8 Å². The van der Waals surface area contributed by atoms with E-state index in [9.17, 15) is 17.2 Å². The first-order valence-corrected chi connectivity index (χ1v) is 7.55. The van der Waals surface area contributed by atoms with Crippen LogP contribution in [0.15, 0.2) is 18.2 Å². The zero-order valence-electron chi connectivity index (χ0n) is 10.5. The molecule has 0 unspecified atom stereocenters. The fourth-order valence-electron chi connectivity index (χ4n) is 1.49. The summed E-state index contributed by atoms with van der Waals surface area (Å²) >= 11 is 0. The number of anilines is 2. The minimum atomic E-state index is -3.21. The van der Waals surface area contributed by atoms with Crippen molar-refractivity contribution in [2.24, 2.45) is 0 Å². The first-order valence-electron chi connectivity index (χ1n) is 5.65. The maximum atomic E-state index is 12.8. The van der Waals surface area contributed by atoms with Gasteiger partial charge in [-0.1, -0.05) is 0 Å². The van der Waals surface area contributed by atoms with Crippen molar-refractivity contribution >= 4 is 21.4 Å². The lowest BCUT2D eigenvalue weighted by Crippen LogP contribution is -2.24. The van der Waals surface area contributed by atoms with Crippen molar-refractivity contribution in [1.29, 1.82) is 0 Å². The summed E-state index contributed by atoms with van der Waals surface area (Å²) in [5.41, 5.74) is 5.88. The SMILES string of the molecule is CS(=O)(=O)NCCCNc1ccc(N)cc1C(F)F. The quantitative estimate of drug-likeness (QED) is 0.526. The summed E-state index contributed by atoms with van der Waals surface area (Å²) in [6, 6.07) is 4.24. The average molecular weight is 293 g/mol. The predicted octanol–water partition coefficient (Wildman–Crippen LogP) is 1.56. The Morgan fingerprint density at radius 3 is 2.58 bits per heavy atom. The third-order valence-electron chi connectivity index (χ3n) is 2.34. The fourth-order valence-corrected chi connectivity index (χ4v) is 2.01. The second-order valence-electron chi connectivity index (χ2n) is 4.09. The van der Waals surface area contributed by atoms with Crippen molar-refractivity contribution in [2.75, 3.05) is 30.4 Å². The van der Waals surface area contributed by atoms with Crippen molar-refractivity contribution in [2.45, 2.75) is 12.8 Å². The zero-order chi connectivity index (χ0) is 14.5. The van der Waals surface area contributed by atoms with Gasteiger partial charge in [0.1, 0.15) is 0 Å². The van der Waals surface area contributed by atoms with E-state index in [0.717, 1.165) is 6.26 Å². The Labute approximate surface area is 111 Å². The van der Waals surface area contributed by atoms with Crippen LogP contribution in [0, 0.1) is 0 Å². The molecule has 8 heteroatoms. The Balaban J connectivity index is 2.49. The van der Waals surface area contributed by atoms with Crippen LogP contribution in [-0.2, 0) is 10.0 Å². The molecule has 0 aromatic heterocycles. The molecule has 0 aliphatic heterocycles. The lowest BCUT2D eigenvalue weighted by atomic mass is 10.1. The van der Waals surface area contributed by atoms with Crippen LogP contribution < -0.4 is 15.8 Å². The maximum Gasteiger partial charge on any atom is 0.265 e. The molecule has 0 aliphatic rings. The molecule has 1 aromatic carbocycles. The number of halogens is 2. The van der Waals surface area contributed by atoms with E-state index in [1.54, 1.807) is 0 Å². The topological polar surface area (TPSA) is 84.2 Å². The van der Waals surface area contributed by atoms with Crippen LogP contribution in [0.3, 0.4) is 0 Å². The summed E-state index contributed by atoms with van der Waals surface area (Å²) in [5, 5.41) is 2.84. The normalized spacial score (nSPS) is 11.8. The van der Waals surface area contributed by atoms with Crippen LogP contribution in [0.4, 0.5) is 20.2 Å². The number of nitrogen functional groups attached to an aromatic ring is 1. The highest BCUT2D eigenvalue weighted by atomic mass is 32.2. The van der Waals surface area contributed by atoms with E-state index in [1.165, 1.54) is 18.2 Å². The standard InChI is InChI=1S/C11H17F2N3O2S/c1-19(17,18)16-6-2-5-15-10-4-3-8(14)7-9(10)11(12)13/h3-4,7,11,15-16H,2,5-6,14H2,1H3. The minimum Gasteiger partial charge on any atom is -0.399 e. The third-order valence-corrected chi connectivity index (χ3v) is 3.07. The number of sulfonamides is 1. The van der Waals surface area contributed by atoms with Gasteiger partial charge in [0.15, 0.2) is 0 Å². The maximum absolute atomic E-state index is 12.8. The molecule has 0 fully saturated rings. The molecule has 0 radical (unpaired) electrons. The first-order chi connectivity index (χ1) is 8.79. The number of hydrogen-bond acceptors (Lipinski definition) is 4. The fraction of sp³-hybridized carbons (Fsp3) is 0.455. The van der Waals surface area contributed by atoms with Gasteiger partial charge in [0.2, 0.25) is 10.0 Å². The van der Waals surface area contributed by atoms with E-state index in [-0.39, 0.29) is 17.8 Å². The molecule has 4 N–H and O–H groups in total. The van der Waals surface area contributed by atoms with E-state index in [0.29, 0.717) is 18.7 Å². The highest BCUT2D eigenvalue weighted by molar-refractivity contribution is 7.88. The van der Waals surface area contributed by atoms with E-state index in [1.807, 2.05) is 0 Å². The molecule has 108 valence electrons. The molecular formula is C11H17F2N3O2S. The molecule has 0 atom stereocenters. The summed E-state index contributed by atoms with van der Waals surface area (Å²) in [7, 11) is -3.21. The van der Waals surface area contributed by atoms with Crippen LogP contribution in [0.5, 0.6) is 0 Å². The Bertz CT molecular complexity index is 521. The van der Waals surface area contributed by atoms with Crippen molar-refractivity contribution in [3.05, 3.63) is 23.8 Å². The van der Waals surface area contributed by atoms with Crippen LogP contribution in [0.1, 0.15) is 18.4 Å². The first kappa shape index (κ1) is 15.6. The summed E-state index contributed by atoms with van der Waals surface area (Å²) in [6.07, 6.45) is -1.06. The Kier molecular flexibility index (Phi) is 5.49. The summed E-state index contributed by atoms with van der Waals surface area (Å²) in [4.78, 5) is 0. The summed E-state index contributed by atoms with van der Waals surface area (Å²) in [5.74, 6) is 0. The van der Waals surface area contributed by atoms with Gasteiger partial charge < -0.3 is 11.1 Å². The summed E-state index contributed by atoms with van der Waals surface area (Å²) < 4.78 is 49.4.